The lowest BCUT2D eigenvalue weighted by molar-refractivity contribution is -0.138. The number of carbonyl (C=O) groups excluding carboxylic acids is 2. The van der Waals surface area contributed by atoms with Gasteiger partial charge in [-0.1, -0.05) is 48.5 Å². The molecule has 1 aromatic heterocycles. The van der Waals surface area contributed by atoms with E-state index in [1.54, 1.807) is 6.20 Å². The summed E-state index contributed by atoms with van der Waals surface area (Å²) in [5, 5.41) is 0. The van der Waals surface area contributed by atoms with Crippen LogP contribution in [0.25, 0.3) is 5.57 Å². The fourth-order valence-corrected chi connectivity index (χ4v) is 4.53. The van der Waals surface area contributed by atoms with Gasteiger partial charge in [-0.15, -0.1) is 0 Å². The van der Waals surface area contributed by atoms with Crippen molar-refractivity contribution in [2.24, 2.45) is 0 Å². The summed E-state index contributed by atoms with van der Waals surface area (Å²) in [6.45, 7) is 5.19. The van der Waals surface area contributed by atoms with Crippen LogP contribution in [0.4, 0.5) is 5.69 Å². The van der Waals surface area contributed by atoms with Crippen molar-refractivity contribution >= 4 is 23.1 Å². The second-order valence-electron chi connectivity index (χ2n) is 8.42. The van der Waals surface area contributed by atoms with E-state index in [1.807, 2.05) is 48.5 Å². The van der Waals surface area contributed by atoms with Crippen LogP contribution in [0.5, 0.6) is 0 Å². The zero-order valence-electron chi connectivity index (χ0n) is 18.6. The molecule has 3 aromatic rings. The minimum absolute atomic E-state index is 0.168. The topological polar surface area (TPSA) is 56.8 Å². The molecule has 0 atom stereocenters. The van der Waals surface area contributed by atoms with E-state index < -0.39 is 0 Å². The summed E-state index contributed by atoms with van der Waals surface area (Å²) in [5.41, 5.74) is 4.88. The molecule has 1 saturated heterocycles. The van der Waals surface area contributed by atoms with Gasteiger partial charge in [-0.05, 0) is 42.3 Å². The highest BCUT2D eigenvalue weighted by atomic mass is 16.2. The van der Waals surface area contributed by atoms with Crippen LogP contribution < -0.4 is 4.90 Å². The maximum atomic E-state index is 13.6. The molecular weight excluding hydrogens is 412 g/mol. The van der Waals surface area contributed by atoms with E-state index in [1.165, 1.54) is 16.2 Å². The lowest BCUT2D eigenvalue weighted by Crippen LogP contribution is -2.47. The molecule has 0 spiro atoms. The van der Waals surface area contributed by atoms with Crippen LogP contribution in [-0.4, -0.2) is 52.8 Å². The SMILES string of the molecule is Cc1cccc(N2CCN(C3=C(c4ccccc4)C(=O)N(Cc4ccccn4)C3=O)CC2)c1. The summed E-state index contributed by atoms with van der Waals surface area (Å²) in [4.78, 5) is 37.1. The van der Waals surface area contributed by atoms with Crippen LogP contribution in [0.3, 0.4) is 0 Å². The Kier molecular flexibility index (Phi) is 5.65. The molecule has 2 aliphatic heterocycles. The standard InChI is InChI=1S/C27H26N4O2/c1-20-8-7-12-23(18-20)29-14-16-30(17-15-29)25-24(21-9-3-2-4-10-21)26(32)31(27(25)33)19-22-11-5-6-13-28-22/h2-13,18H,14-17,19H2,1H3. The molecule has 166 valence electrons. The van der Waals surface area contributed by atoms with E-state index in [0.717, 1.165) is 18.7 Å². The monoisotopic (exact) mass is 438 g/mol. The maximum absolute atomic E-state index is 13.6. The van der Waals surface area contributed by atoms with Crippen LogP contribution in [0.1, 0.15) is 16.8 Å². The number of imide groups is 1. The molecule has 6 heteroatoms. The summed E-state index contributed by atoms with van der Waals surface area (Å²) in [7, 11) is 0. The normalized spacial score (nSPS) is 16.7. The molecule has 0 unspecified atom stereocenters. The van der Waals surface area contributed by atoms with E-state index in [4.69, 9.17) is 0 Å². The predicted octanol–water partition coefficient (Wildman–Crippen LogP) is 3.49. The Morgan fingerprint density at radius 1 is 0.788 bits per heavy atom. The molecule has 0 aliphatic carbocycles. The van der Waals surface area contributed by atoms with E-state index in [-0.39, 0.29) is 18.4 Å². The number of nitrogens with zero attached hydrogens (tertiary/aromatic N) is 4. The zero-order chi connectivity index (χ0) is 22.8. The van der Waals surface area contributed by atoms with Crippen LogP contribution in [-0.2, 0) is 16.1 Å². The number of carbonyl (C=O) groups is 2. The number of anilines is 1. The van der Waals surface area contributed by atoms with E-state index in [9.17, 15) is 9.59 Å². The largest absolute Gasteiger partial charge is 0.368 e. The fourth-order valence-electron chi connectivity index (χ4n) is 4.53. The van der Waals surface area contributed by atoms with Crippen molar-refractivity contribution < 1.29 is 9.59 Å². The Morgan fingerprint density at radius 2 is 1.52 bits per heavy atom. The molecule has 2 amide bonds. The molecule has 5 rings (SSSR count). The van der Waals surface area contributed by atoms with Crippen LogP contribution in [0, 0.1) is 6.92 Å². The van der Waals surface area contributed by atoms with Gasteiger partial charge in [0.05, 0.1) is 17.8 Å². The second-order valence-corrected chi connectivity index (χ2v) is 8.42. The van der Waals surface area contributed by atoms with E-state index in [0.29, 0.717) is 30.1 Å². The average molecular weight is 439 g/mol. The minimum Gasteiger partial charge on any atom is -0.368 e. The van der Waals surface area contributed by atoms with Gasteiger partial charge in [-0.3, -0.25) is 19.5 Å². The third kappa shape index (κ3) is 4.12. The Bertz CT molecular complexity index is 1200. The number of aryl methyl sites for hydroxylation is 1. The number of pyridine rings is 1. The first-order valence-electron chi connectivity index (χ1n) is 11.2. The Morgan fingerprint density at radius 3 is 2.21 bits per heavy atom. The van der Waals surface area contributed by atoms with Crippen molar-refractivity contribution in [2.45, 2.75) is 13.5 Å². The van der Waals surface area contributed by atoms with Crippen molar-refractivity contribution in [2.75, 3.05) is 31.1 Å². The van der Waals surface area contributed by atoms with Gasteiger partial charge in [0.25, 0.3) is 11.8 Å². The zero-order valence-corrected chi connectivity index (χ0v) is 18.6. The lowest BCUT2D eigenvalue weighted by atomic mass is 10.0. The number of benzene rings is 2. The summed E-state index contributed by atoms with van der Waals surface area (Å²) < 4.78 is 0. The second kappa shape index (κ2) is 8.90. The van der Waals surface area contributed by atoms with Gasteiger partial charge in [-0.25, -0.2) is 0 Å². The molecule has 0 N–H and O–H groups in total. The third-order valence-corrected chi connectivity index (χ3v) is 6.21. The summed E-state index contributed by atoms with van der Waals surface area (Å²) >= 11 is 0. The van der Waals surface area contributed by atoms with E-state index in [2.05, 4.69) is 46.0 Å². The summed E-state index contributed by atoms with van der Waals surface area (Å²) in [6, 6.07) is 23.5. The number of rotatable bonds is 5. The third-order valence-electron chi connectivity index (χ3n) is 6.21. The van der Waals surface area contributed by atoms with E-state index >= 15 is 0 Å². The first-order chi connectivity index (χ1) is 16.1. The van der Waals surface area contributed by atoms with Crippen molar-refractivity contribution in [3.63, 3.8) is 0 Å². The number of aromatic nitrogens is 1. The highest BCUT2D eigenvalue weighted by molar-refractivity contribution is 6.35. The Hall–Kier alpha value is -3.93. The first kappa shape index (κ1) is 20.9. The first-order valence-corrected chi connectivity index (χ1v) is 11.2. The van der Waals surface area contributed by atoms with Gasteiger partial charge in [0.2, 0.25) is 0 Å². The Balaban J connectivity index is 1.43. The lowest BCUT2D eigenvalue weighted by Gasteiger charge is -2.37. The molecular formula is C27H26N4O2. The van der Waals surface area contributed by atoms with Gasteiger partial charge < -0.3 is 9.80 Å². The number of piperazine rings is 1. The van der Waals surface area contributed by atoms with Crippen LogP contribution in [0.15, 0.2) is 84.7 Å². The molecule has 33 heavy (non-hydrogen) atoms. The van der Waals surface area contributed by atoms with Gasteiger partial charge in [-0.2, -0.15) is 0 Å². The van der Waals surface area contributed by atoms with Crippen LogP contribution >= 0.6 is 0 Å². The number of amides is 2. The predicted molar refractivity (Wildman–Crippen MR) is 128 cm³/mol. The highest BCUT2D eigenvalue weighted by Crippen LogP contribution is 2.33. The van der Waals surface area contributed by atoms with Crippen molar-refractivity contribution in [1.82, 2.24) is 14.8 Å². The summed E-state index contributed by atoms with van der Waals surface area (Å²) in [6.07, 6.45) is 1.68. The molecule has 0 radical (unpaired) electrons. The van der Waals surface area contributed by atoms with Crippen LogP contribution in [0.2, 0.25) is 0 Å². The molecule has 0 saturated carbocycles. The average Bonchev–Trinajstić information content (AvgIpc) is 3.10. The summed E-state index contributed by atoms with van der Waals surface area (Å²) in [5.74, 6) is -0.499. The van der Waals surface area contributed by atoms with Crippen molar-refractivity contribution in [3.8, 4) is 0 Å². The molecule has 3 heterocycles. The molecule has 2 aromatic carbocycles. The highest BCUT2D eigenvalue weighted by Gasteiger charge is 2.42. The molecule has 6 nitrogen and oxygen atoms in total. The molecule has 1 fully saturated rings. The van der Waals surface area contributed by atoms with Crippen molar-refractivity contribution in [3.05, 3.63) is 102 Å². The molecule has 2 aliphatic rings. The maximum Gasteiger partial charge on any atom is 0.278 e. The minimum atomic E-state index is -0.257. The van der Waals surface area contributed by atoms with Gasteiger partial charge in [0.1, 0.15) is 5.70 Å². The van der Waals surface area contributed by atoms with Gasteiger partial charge in [0.15, 0.2) is 0 Å². The Labute approximate surface area is 193 Å². The van der Waals surface area contributed by atoms with Gasteiger partial charge in [0, 0.05) is 38.1 Å². The van der Waals surface area contributed by atoms with Crippen molar-refractivity contribution in [1.29, 1.82) is 0 Å². The smallest absolute Gasteiger partial charge is 0.278 e. The number of hydrogen-bond acceptors (Lipinski definition) is 5. The quantitative estimate of drug-likeness (QED) is 0.571. The van der Waals surface area contributed by atoms with Gasteiger partial charge >= 0.3 is 0 Å². The number of hydrogen-bond donors (Lipinski definition) is 0. The molecule has 0 bridgehead atoms. The fraction of sp³-hybridized carbons (Fsp3) is 0.222.